The van der Waals surface area contributed by atoms with Crippen molar-refractivity contribution in [2.45, 2.75) is 12.5 Å². The summed E-state index contributed by atoms with van der Waals surface area (Å²) in [5.41, 5.74) is 2.76. The van der Waals surface area contributed by atoms with Gasteiger partial charge in [-0.05, 0) is 30.2 Å². The summed E-state index contributed by atoms with van der Waals surface area (Å²) in [6.07, 6.45) is 0.798. The topological polar surface area (TPSA) is 56.9 Å². The molecule has 1 amide bonds. The molecule has 1 aromatic heterocycles. The Bertz CT molecular complexity index is 620. The number of carbonyl (C=O) groups excluding carboxylic acids is 1. The molecule has 3 N–H and O–H groups in total. The Morgan fingerprint density at radius 1 is 1.50 bits per heavy atom. The fourth-order valence-corrected chi connectivity index (χ4v) is 2.57. The molecule has 0 saturated carbocycles. The number of fused-ring (bicyclic) bond motifs is 3. The van der Waals surface area contributed by atoms with Crippen molar-refractivity contribution in [2.24, 2.45) is 0 Å². The molecule has 94 valence electrons. The molecule has 1 unspecified atom stereocenters. The molecule has 2 heterocycles. The Kier molecular flexibility index (Phi) is 2.56. The highest BCUT2D eigenvalue weighted by atomic mass is 19.1. The molecule has 4 nitrogen and oxygen atoms in total. The number of nitrogens with one attached hydrogen (secondary N) is 3. The maximum atomic E-state index is 13.3. The molecular weight excluding hydrogens is 233 g/mol. The van der Waals surface area contributed by atoms with Gasteiger partial charge in [-0.1, -0.05) is 0 Å². The minimum atomic E-state index is -0.380. The average Bonchev–Trinajstić information content (AvgIpc) is 2.75. The summed E-state index contributed by atoms with van der Waals surface area (Å²) in [6.45, 7) is 0.717. The zero-order valence-corrected chi connectivity index (χ0v) is 10.0. The number of amides is 1. The number of hydrogen-bond donors (Lipinski definition) is 3. The smallest absolute Gasteiger partial charge is 0.243 e. The number of hydrogen-bond acceptors (Lipinski definition) is 2. The summed E-state index contributed by atoms with van der Waals surface area (Å²) < 4.78 is 13.3. The van der Waals surface area contributed by atoms with Crippen LogP contribution in [0.1, 0.15) is 17.3 Å². The van der Waals surface area contributed by atoms with Gasteiger partial charge in [-0.25, -0.2) is 4.39 Å². The van der Waals surface area contributed by atoms with E-state index < -0.39 is 0 Å². The monoisotopic (exact) mass is 247 g/mol. The molecule has 0 bridgehead atoms. The van der Waals surface area contributed by atoms with E-state index in [0.717, 1.165) is 28.6 Å². The molecule has 1 aromatic carbocycles. The second-order valence-corrected chi connectivity index (χ2v) is 4.46. The summed E-state index contributed by atoms with van der Waals surface area (Å²) >= 11 is 0. The Labute approximate surface area is 104 Å². The number of likely N-dealkylation sites (N-methyl/N-ethyl adjacent to an activating group) is 1. The molecule has 0 saturated heterocycles. The fourth-order valence-electron chi connectivity index (χ4n) is 2.57. The Morgan fingerprint density at radius 3 is 3.11 bits per heavy atom. The standard InChI is InChI=1S/C13H14FN3O/c1-15-13(18)12-11-8(4-5-16-12)9-6-7(14)2-3-10(9)17-11/h2-3,6,12,16-17H,4-5H2,1H3,(H,15,18). The van der Waals surface area contributed by atoms with E-state index in [1.807, 2.05) is 0 Å². The molecule has 0 radical (unpaired) electrons. The molecule has 0 fully saturated rings. The number of aromatic nitrogens is 1. The van der Waals surface area contributed by atoms with Crippen LogP contribution in [0.5, 0.6) is 0 Å². The van der Waals surface area contributed by atoms with Gasteiger partial charge in [-0.15, -0.1) is 0 Å². The predicted octanol–water partition coefficient (Wildman–Crippen LogP) is 1.24. The van der Waals surface area contributed by atoms with Gasteiger partial charge in [-0.3, -0.25) is 4.79 Å². The van der Waals surface area contributed by atoms with Gasteiger partial charge in [-0.2, -0.15) is 0 Å². The largest absolute Gasteiger partial charge is 0.357 e. The van der Waals surface area contributed by atoms with Gasteiger partial charge in [0.05, 0.1) is 0 Å². The number of benzene rings is 1. The predicted molar refractivity (Wildman–Crippen MR) is 66.8 cm³/mol. The molecule has 18 heavy (non-hydrogen) atoms. The van der Waals surface area contributed by atoms with E-state index in [9.17, 15) is 9.18 Å². The van der Waals surface area contributed by atoms with Crippen LogP contribution in [-0.2, 0) is 11.2 Å². The Morgan fingerprint density at radius 2 is 2.33 bits per heavy atom. The van der Waals surface area contributed by atoms with Crippen LogP contribution in [0.25, 0.3) is 10.9 Å². The first-order valence-corrected chi connectivity index (χ1v) is 5.95. The Balaban J connectivity index is 2.18. The van der Waals surface area contributed by atoms with Crippen LogP contribution >= 0.6 is 0 Å². The molecule has 3 rings (SSSR count). The summed E-state index contributed by atoms with van der Waals surface area (Å²) in [7, 11) is 1.61. The summed E-state index contributed by atoms with van der Waals surface area (Å²) in [5.74, 6) is -0.331. The van der Waals surface area contributed by atoms with Crippen molar-refractivity contribution in [1.82, 2.24) is 15.6 Å². The third kappa shape index (κ3) is 1.59. The van der Waals surface area contributed by atoms with Crippen molar-refractivity contribution in [3.8, 4) is 0 Å². The molecule has 1 aliphatic rings. The first-order valence-electron chi connectivity index (χ1n) is 5.95. The zero-order valence-electron chi connectivity index (χ0n) is 10.0. The molecule has 1 aliphatic heterocycles. The van der Waals surface area contributed by atoms with Gasteiger partial charge in [0.1, 0.15) is 11.9 Å². The second-order valence-electron chi connectivity index (χ2n) is 4.46. The lowest BCUT2D eigenvalue weighted by Gasteiger charge is -2.22. The number of halogens is 1. The van der Waals surface area contributed by atoms with Crippen molar-refractivity contribution in [2.75, 3.05) is 13.6 Å². The van der Waals surface area contributed by atoms with Crippen molar-refractivity contribution in [3.05, 3.63) is 35.3 Å². The normalized spacial score (nSPS) is 18.7. The van der Waals surface area contributed by atoms with Gasteiger partial charge < -0.3 is 15.6 Å². The van der Waals surface area contributed by atoms with Crippen LogP contribution in [0.2, 0.25) is 0 Å². The number of aromatic amines is 1. The highest BCUT2D eigenvalue weighted by Crippen LogP contribution is 2.30. The minimum Gasteiger partial charge on any atom is -0.357 e. The van der Waals surface area contributed by atoms with E-state index in [1.54, 1.807) is 13.1 Å². The SMILES string of the molecule is CNC(=O)C1NCCc2c1[nH]c1ccc(F)cc21. The van der Waals surface area contributed by atoms with Gasteiger partial charge >= 0.3 is 0 Å². The maximum absolute atomic E-state index is 13.3. The van der Waals surface area contributed by atoms with Crippen LogP contribution in [-0.4, -0.2) is 24.5 Å². The molecule has 2 aromatic rings. The summed E-state index contributed by atoms with van der Waals surface area (Å²) in [5, 5.41) is 6.68. The highest BCUT2D eigenvalue weighted by molar-refractivity contribution is 5.90. The number of carbonyl (C=O) groups is 1. The van der Waals surface area contributed by atoms with Gasteiger partial charge in [0.15, 0.2) is 0 Å². The van der Waals surface area contributed by atoms with E-state index in [1.165, 1.54) is 12.1 Å². The highest BCUT2D eigenvalue weighted by Gasteiger charge is 2.28. The molecular formula is C13H14FN3O. The van der Waals surface area contributed by atoms with Gasteiger partial charge in [0.2, 0.25) is 5.91 Å². The fraction of sp³-hybridized carbons (Fsp3) is 0.308. The lowest BCUT2D eigenvalue weighted by Crippen LogP contribution is -2.40. The lowest BCUT2D eigenvalue weighted by molar-refractivity contribution is -0.123. The van der Waals surface area contributed by atoms with Crippen molar-refractivity contribution in [3.63, 3.8) is 0 Å². The van der Waals surface area contributed by atoms with Crippen molar-refractivity contribution < 1.29 is 9.18 Å². The summed E-state index contributed by atoms with van der Waals surface area (Å²) in [6, 6.07) is 4.28. The van der Waals surface area contributed by atoms with Gasteiger partial charge in [0, 0.05) is 30.2 Å². The molecule has 1 atom stereocenters. The molecule has 5 heteroatoms. The molecule has 0 aliphatic carbocycles. The van der Waals surface area contributed by atoms with Crippen LogP contribution < -0.4 is 10.6 Å². The quantitative estimate of drug-likeness (QED) is 0.710. The van der Waals surface area contributed by atoms with E-state index in [0.29, 0.717) is 6.54 Å². The first-order chi connectivity index (χ1) is 8.70. The maximum Gasteiger partial charge on any atom is 0.243 e. The van der Waals surface area contributed by atoms with Crippen molar-refractivity contribution >= 4 is 16.8 Å². The summed E-state index contributed by atoms with van der Waals surface area (Å²) in [4.78, 5) is 15.0. The average molecular weight is 247 g/mol. The van der Waals surface area contributed by atoms with E-state index in [4.69, 9.17) is 0 Å². The van der Waals surface area contributed by atoms with Gasteiger partial charge in [0.25, 0.3) is 0 Å². The van der Waals surface area contributed by atoms with Crippen molar-refractivity contribution in [1.29, 1.82) is 0 Å². The third-order valence-electron chi connectivity index (χ3n) is 3.42. The third-order valence-corrected chi connectivity index (χ3v) is 3.42. The molecule has 0 spiro atoms. The number of H-pyrrole nitrogens is 1. The zero-order chi connectivity index (χ0) is 12.7. The van der Waals surface area contributed by atoms with Crippen LogP contribution in [0, 0.1) is 5.82 Å². The van der Waals surface area contributed by atoms with E-state index >= 15 is 0 Å². The van der Waals surface area contributed by atoms with E-state index in [2.05, 4.69) is 15.6 Å². The van der Waals surface area contributed by atoms with Crippen LogP contribution in [0.4, 0.5) is 4.39 Å². The lowest BCUT2D eigenvalue weighted by atomic mass is 9.99. The Hall–Kier alpha value is -1.88. The minimum absolute atomic E-state index is 0.0806. The van der Waals surface area contributed by atoms with E-state index in [-0.39, 0.29) is 17.8 Å². The van der Waals surface area contributed by atoms with Crippen LogP contribution in [0.3, 0.4) is 0 Å². The number of rotatable bonds is 1. The van der Waals surface area contributed by atoms with Crippen LogP contribution in [0.15, 0.2) is 18.2 Å². The second kappa shape index (κ2) is 4.10. The first kappa shape index (κ1) is 11.2.